The van der Waals surface area contributed by atoms with Crippen LogP contribution in [0.2, 0.25) is 0 Å². The average Bonchev–Trinajstić information content (AvgIpc) is 2.47. The quantitative estimate of drug-likeness (QED) is 0.815. The maximum absolute atomic E-state index is 12.0. The monoisotopic (exact) mass is 287 g/mol. The Morgan fingerprint density at radius 1 is 1.33 bits per heavy atom. The van der Waals surface area contributed by atoms with E-state index < -0.39 is 0 Å². The Kier molecular flexibility index (Phi) is 4.61. The maximum atomic E-state index is 12.0. The first-order valence-corrected chi connectivity index (χ1v) is 6.49. The number of nitrogens with one attached hydrogen (secondary N) is 1. The van der Waals surface area contributed by atoms with E-state index in [0.717, 1.165) is 0 Å². The summed E-state index contributed by atoms with van der Waals surface area (Å²) in [5.74, 6) is 0.323. The predicted molar refractivity (Wildman–Crippen MR) is 81.4 cm³/mol. The number of aromatic nitrogens is 1. The first kappa shape index (κ1) is 14.6. The molecule has 0 fully saturated rings. The third kappa shape index (κ3) is 3.85. The summed E-state index contributed by atoms with van der Waals surface area (Å²) in [6, 6.07) is 9.88. The lowest BCUT2D eigenvalue weighted by Gasteiger charge is -2.11. The van der Waals surface area contributed by atoms with Crippen molar-refractivity contribution in [2.24, 2.45) is 0 Å². The third-order valence-corrected chi connectivity index (χ3v) is 2.98. The van der Waals surface area contributed by atoms with Crippen LogP contribution < -0.4 is 21.3 Å². The van der Waals surface area contributed by atoms with Crippen LogP contribution in [-0.4, -0.2) is 17.6 Å². The Balaban J connectivity index is 2.01. The number of methoxy groups -OCH3 is 1. The van der Waals surface area contributed by atoms with Crippen molar-refractivity contribution in [3.8, 4) is 5.75 Å². The van der Waals surface area contributed by atoms with Gasteiger partial charge in [-0.2, -0.15) is 0 Å². The highest BCUT2D eigenvalue weighted by molar-refractivity contribution is 5.92. The van der Waals surface area contributed by atoms with Crippen molar-refractivity contribution in [2.45, 2.75) is 13.0 Å². The largest absolute Gasteiger partial charge is 0.495 e. The van der Waals surface area contributed by atoms with Crippen molar-refractivity contribution in [3.63, 3.8) is 0 Å². The topological polar surface area (TPSA) is 86.3 Å². The molecule has 0 saturated heterocycles. The highest BCUT2D eigenvalue weighted by atomic mass is 16.5. The van der Waals surface area contributed by atoms with E-state index in [1.165, 1.54) is 17.7 Å². The van der Waals surface area contributed by atoms with Crippen LogP contribution in [-0.2, 0) is 11.3 Å². The second kappa shape index (κ2) is 6.60. The molecule has 1 amide bonds. The van der Waals surface area contributed by atoms with E-state index in [9.17, 15) is 9.59 Å². The van der Waals surface area contributed by atoms with Crippen LogP contribution in [0.25, 0.3) is 0 Å². The first-order valence-electron chi connectivity index (χ1n) is 6.49. The number of nitrogen functional groups attached to an aromatic ring is 1. The molecule has 0 aliphatic rings. The molecule has 0 radical (unpaired) electrons. The Morgan fingerprint density at radius 3 is 2.86 bits per heavy atom. The van der Waals surface area contributed by atoms with E-state index in [0.29, 0.717) is 23.7 Å². The Hall–Kier alpha value is -2.76. The van der Waals surface area contributed by atoms with Crippen LogP contribution in [0.15, 0.2) is 47.4 Å². The van der Waals surface area contributed by atoms with Crippen LogP contribution in [0.3, 0.4) is 0 Å². The molecule has 0 aliphatic heterocycles. The Morgan fingerprint density at radius 2 is 2.14 bits per heavy atom. The number of rotatable bonds is 5. The lowest BCUT2D eigenvalue weighted by atomic mass is 10.2. The normalized spacial score (nSPS) is 10.1. The summed E-state index contributed by atoms with van der Waals surface area (Å²) in [7, 11) is 1.52. The first-order chi connectivity index (χ1) is 10.1. The summed E-state index contributed by atoms with van der Waals surface area (Å²) in [4.78, 5) is 23.5. The molecule has 6 nitrogen and oxygen atoms in total. The number of aryl methyl sites for hydroxylation is 1. The summed E-state index contributed by atoms with van der Waals surface area (Å²) in [5.41, 5.74) is 6.61. The molecular weight excluding hydrogens is 270 g/mol. The van der Waals surface area contributed by atoms with Gasteiger partial charge in [0, 0.05) is 30.9 Å². The van der Waals surface area contributed by atoms with Crippen LogP contribution in [0.5, 0.6) is 5.75 Å². The molecule has 0 spiro atoms. The Labute approximate surface area is 122 Å². The number of nitrogens with two attached hydrogens (primary N) is 1. The Bertz CT molecular complexity index is 695. The average molecular weight is 287 g/mol. The molecule has 1 heterocycles. The van der Waals surface area contributed by atoms with Crippen molar-refractivity contribution in [1.82, 2.24) is 4.57 Å². The molecule has 1 aromatic heterocycles. The number of hydrogen-bond donors (Lipinski definition) is 2. The molecule has 110 valence electrons. The van der Waals surface area contributed by atoms with Gasteiger partial charge in [0.1, 0.15) is 5.75 Å². The van der Waals surface area contributed by atoms with Gasteiger partial charge >= 0.3 is 0 Å². The van der Waals surface area contributed by atoms with Gasteiger partial charge in [-0.3, -0.25) is 9.59 Å². The number of amides is 1. The minimum atomic E-state index is -0.213. The second-order valence-corrected chi connectivity index (χ2v) is 4.49. The van der Waals surface area contributed by atoms with Crippen molar-refractivity contribution < 1.29 is 9.53 Å². The van der Waals surface area contributed by atoms with Gasteiger partial charge < -0.3 is 20.4 Å². The van der Waals surface area contributed by atoms with E-state index in [-0.39, 0.29) is 17.9 Å². The molecule has 2 rings (SSSR count). The second-order valence-electron chi connectivity index (χ2n) is 4.49. The minimum Gasteiger partial charge on any atom is -0.495 e. The van der Waals surface area contributed by atoms with Gasteiger partial charge in [-0.05, 0) is 24.3 Å². The van der Waals surface area contributed by atoms with E-state index >= 15 is 0 Å². The number of ether oxygens (including phenoxy) is 1. The summed E-state index contributed by atoms with van der Waals surface area (Å²) >= 11 is 0. The molecule has 0 atom stereocenters. The fraction of sp³-hybridized carbons (Fsp3) is 0.200. The fourth-order valence-electron chi connectivity index (χ4n) is 1.90. The van der Waals surface area contributed by atoms with Gasteiger partial charge in [0.15, 0.2) is 0 Å². The summed E-state index contributed by atoms with van der Waals surface area (Å²) in [6.45, 7) is 0.316. The molecule has 2 aromatic rings. The molecule has 3 N–H and O–H groups in total. The number of anilines is 2. The van der Waals surface area contributed by atoms with Crippen molar-refractivity contribution in [1.29, 1.82) is 0 Å². The van der Waals surface area contributed by atoms with E-state index in [2.05, 4.69) is 5.32 Å². The number of benzene rings is 1. The lowest BCUT2D eigenvalue weighted by Crippen LogP contribution is -2.21. The van der Waals surface area contributed by atoms with Gasteiger partial charge in [-0.1, -0.05) is 6.07 Å². The van der Waals surface area contributed by atoms with Crippen LogP contribution in [0.1, 0.15) is 6.42 Å². The number of hydrogen-bond acceptors (Lipinski definition) is 4. The predicted octanol–water partition coefficient (Wildman–Crippen LogP) is 1.47. The van der Waals surface area contributed by atoms with Crippen molar-refractivity contribution >= 4 is 17.3 Å². The molecule has 0 saturated carbocycles. The van der Waals surface area contributed by atoms with E-state index in [1.807, 2.05) is 0 Å². The highest BCUT2D eigenvalue weighted by Crippen LogP contribution is 2.26. The van der Waals surface area contributed by atoms with Crippen molar-refractivity contribution in [2.75, 3.05) is 18.2 Å². The SMILES string of the molecule is COc1ccc(N)cc1NC(=O)CCn1ccccc1=O. The van der Waals surface area contributed by atoms with Crippen LogP contribution in [0.4, 0.5) is 11.4 Å². The van der Waals surface area contributed by atoms with Gasteiger partial charge in [0.05, 0.1) is 12.8 Å². The molecular formula is C15H17N3O3. The molecule has 6 heteroatoms. The summed E-state index contributed by atoms with van der Waals surface area (Å²) < 4.78 is 6.64. The number of carbonyl (C=O) groups excluding carboxylic acids is 1. The van der Waals surface area contributed by atoms with Crippen LogP contribution in [0, 0.1) is 0 Å². The zero-order valence-corrected chi connectivity index (χ0v) is 11.7. The molecule has 1 aromatic carbocycles. The summed E-state index contributed by atoms with van der Waals surface area (Å²) in [5, 5.41) is 2.73. The molecule has 0 bridgehead atoms. The smallest absolute Gasteiger partial charge is 0.250 e. The number of nitrogens with zero attached hydrogens (tertiary/aromatic N) is 1. The maximum Gasteiger partial charge on any atom is 0.250 e. The molecule has 0 aliphatic carbocycles. The van der Waals surface area contributed by atoms with E-state index in [4.69, 9.17) is 10.5 Å². The zero-order valence-electron chi connectivity index (χ0n) is 11.7. The number of pyridine rings is 1. The highest BCUT2D eigenvalue weighted by Gasteiger charge is 2.08. The summed E-state index contributed by atoms with van der Waals surface area (Å²) in [6.07, 6.45) is 1.83. The third-order valence-electron chi connectivity index (χ3n) is 2.98. The van der Waals surface area contributed by atoms with Crippen LogP contribution >= 0.6 is 0 Å². The zero-order chi connectivity index (χ0) is 15.2. The fourth-order valence-corrected chi connectivity index (χ4v) is 1.90. The van der Waals surface area contributed by atoms with Gasteiger partial charge in [0.2, 0.25) is 5.91 Å². The van der Waals surface area contributed by atoms with Gasteiger partial charge in [0.25, 0.3) is 5.56 Å². The lowest BCUT2D eigenvalue weighted by molar-refractivity contribution is -0.116. The minimum absolute atomic E-state index is 0.133. The molecule has 21 heavy (non-hydrogen) atoms. The standard InChI is InChI=1S/C15H17N3O3/c1-21-13-6-5-11(16)10-12(13)17-14(19)7-9-18-8-3-2-4-15(18)20/h2-6,8,10H,7,9,16H2,1H3,(H,17,19). The van der Waals surface area contributed by atoms with Gasteiger partial charge in [-0.15, -0.1) is 0 Å². The van der Waals surface area contributed by atoms with Crippen molar-refractivity contribution in [3.05, 3.63) is 52.9 Å². The molecule has 0 unspecified atom stereocenters. The van der Waals surface area contributed by atoms with E-state index in [1.54, 1.807) is 36.5 Å². The number of carbonyl (C=O) groups is 1. The van der Waals surface area contributed by atoms with Gasteiger partial charge in [-0.25, -0.2) is 0 Å².